The first-order chi connectivity index (χ1) is 8.13. The van der Waals surface area contributed by atoms with Crippen molar-refractivity contribution in [3.63, 3.8) is 0 Å². The SMILES string of the molecule is CNC(c1ccc(C)cc1C)c1occc1C. The Labute approximate surface area is 103 Å². The van der Waals surface area contributed by atoms with Gasteiger partial charge in [-0.05, 0) is 50.6 Å². The summed E-state index contributed by atoms with van der Waals surface area (Å²) in [4.78, 5) is 0. The number of furan rings is 1. The summed E-state index contributed by atoms with van der Waals surface area (Å²) < 4.78 is 5.59. The third-order valence-corrected chi connectivity index (χ3v) is 3.19. The molecule has 2 aromatic rings. The Bertz CT molecular complexity index is 513. The molecule has 90 valence electrons. The van der Waals surface area contributed by atoms with E-state index in [0.717, 1.165) is 5.76 Å². The van der Waals surface area contributed by atoms with Crippen molar-refractivity contribution in [3.8, 4) is 0 Å². The third-order valence-electron chi connectivity index (χ3n) is 3.19. The van der Waals surface area contributed by atoms with Crippen LogP contribution in [0.2, 0.25) is 0 Å². The lowest BCUT2D eigenvalue weighted by molar-refractivity contribution is 0.459. The van der Waals surface area contributed by atoms with E-state index in [1.165, 1.54) is 22.3 Å². The van der Waals surface area contributed by atoms with E-state index in [-0.39, 0.29) is 6.04 Å². The number of aryl methyl sites for hydroxylation is 3. The van der Waals surface area contributed by atoms with Gasteiger partial charge in [-0.1, -0.05) is 23.8 Å². The van der Waals surface area contributed by atoms with Crippen LogP contribution >= 0.6 is 0 Å². The Hall–Kier alpha value is -1.54. The molecule has 0 fully saturated rings. The molecule has 0 amide bonds. The highest BCUT2D eigenvalue weighted by Crippen LogP contribution is 2.27. The number of hydrogen-bond acceptors (Lipinski definition) is 2. The van der Waals surface area contributed by atoms with Crippen LogP contribution < -0.4 is 5.32 Å². The van der Waals surface area contributed by atoms with E-state index in [2.05, 4.69) is 44.3 Å². The van der Waals surface area contributed by atoms with E-state index in [1.807, 2.05) is 13.1 Å². The van der Waals surface area contributed by atoms with Gasteiger partial charge in [0.25, 0.3) is 0 Å². The van der Waals surface area contributed by atoms with Crippen molar-refractivity contribution in [2.24, 2.45) is 0 Å². The molecule has 1 aromatic heterocycles. The molecule has 1 heterocycles. The van der Waals surface area contributed by atoms with Gasteiger partial charge in [0.15, 0.2) is 0 Å². The second-order valence-electron chi connectivity index (χ2n) is 4.55. The van der Waals surface area contributed by atoms with Gasteiger partial charge < -0.3 is 9.73 Å². The van der Waals surface area contributed by atoms with Gasteiger partial charge in [0.1, 0.15) is 5.76 Å². The lowest BCUT2D eigenvalue weighted by atomic mass is 9.96. The van der Waals surface area contributed by atoms with Gasteiger partial charge in [-0.25, -0.2) is 0 Å². The van der Waals surface area contributed by atoms with Gasteiger partial charge in [-0.15, -0.1) is 0 Å². The van der Waals surface area contributed by atoms with Gasteiger partial charge in [0.2, 0.25) is 0 Å². The van der Waals surface area contributed by atoms with E-state index in [1.54, 1.807) is 6.26 Å². The smallest absolute Gasteiger partial charge is 0.128 e. The molecule has 2 heteroatoms. The zero-order valence-corrected chi connectivity index (χ0v) is 10.9. The summed E-state index contributed by atoms with van der Waals surface area (Å²) in [5.74, 6) is 0.999. The predicted molar refractivity (Wildman–Crippen MR) is 70.3 cm³/mol. The summed E-state index contributed by atoms with van der Waals surface area (Å²) in [5.41, 5.74) is 5.04. The minimum absolute atomic E-state index is 0.130. The largest absolute Gasteiger partial charge is 0.467 e. The van der Waals surface area contributed by atoms with Crippen LogP contribution in [-0.2, 0) is 0 Å². The molecule has 2 rings (SSSR count). The highest BCUT2D eigenvalue weighted by molar-refractivity contribution is 5.38. The Morgan fingerprint density at radius 1 is 1.06 bits per heavy atom. The summed E-state index contributed by atoms with van der Waals surface area (Å²) in [6.07, 6.45) is 1.75. The van der Waals surface area contributed by atoms with Crippen LogP contribution in [0.1, 0.15) is 34.1 Å². The normalized spacial score (nSPS) is 12.7. The molecule has 0 aliphatic rings. The topological polar surface area (TPSA) is 25.2 Å². The lowest BCUT2D eigenvalue weighted by Gasteiger charge is -2.18. The lowest BCUT2D eigenvalue weighted by Crippen LogP contribution is -2.18. The zero-order chi connectivity index (χ0) is 12.4. The molecule has 1 N–H and O–H groups in total. The van der Waals surface area contributed by atoms with Crippen molar-refractivity contribution in [1.82, 2.24) is 5.32 Å². The van der Waals surface area contributed by atoms with Gasteiger partial charge in [0.05, 0.1) is 12.3 Å². The highest BCUT2D eigenvalue weighted by Gasteiger charge is 2.18. The maximum Gasteiger partial charge on any atom is 0.128 e. The number of nitrogens with one attached hydrogen (secondary N) is 1. The number of hydrogen-bond donors (Lipinski definition) is 1. The molecule has 0 aliphatic carbocycles. The van der Waals surface area contributed by atoms with Crippen LogP contribution in [0.4, 0.5) is 0 Å². The van der Waals surface area contributed by atoms with Gasteiger partial charge >= 0.3 is 0 Å². The van der Waals surface area contributed by atoms with Gasteiger partial charge in [-0.2, -0.15) is 0 Å². The first kappa shape index (κ1) is 11.9. The molecular weight excluding hydrogens is 210 g/mol. The number of benzene rings is 1. The zero-order valence-electron chi connectivity index (χ0n) is 10.9. The van der Waals surface area contributed by atoms with Crippen molar-refractivity contribution in [1.29, 1.82) is 0 Å². The summed E-state index contributed by atoms with van der Waals surface area (Å²) in [5, 5.41) is 3.33. The first-order valence-corrected chi connectivity index (χ1v) is 5.92. The van der Waals surface area contributed by atoms with Crippen molar-refractivity contribution in [2.45, 2.75) is 26.8 Å². The summed E-state index contributed by atoms with van der Waals surface area (Å²) in [6, 6.07) is 8.66. The van der Waals surface area contributed by atoms with Gasteiger partial charge in [-0.3, -0.25) is 0 Å². The Morgan fingerprint density at radius 2 is 1.82 bits per heavy atom. The monoisotopic (exact) mass is 229 g/mol. The number of rotatable bonds is 3. The molecule has 0 saturated heterocycles. The van der Waals surface area contributed by atoms with Gasteiger partial charge in [0, 0.05) is 0 Å². The Kier molecular flexibility index (Phi) is 3.34. The van der Waals surface area contributed by atoms with Crippen LogP contribution in [0.5, 0.6) is 0 Å². The maximum absolute atomic E-state index is 5.59. The van der Waals surface area contributed by atoms with E-state index >= 15 is 0 Å². The summed E-state index contributed by atoms with van der Waals surface area (Å²) >= 11 is 0. The summed E-state index contributed by atoms with van der Waals surface area (Å²) in [7, 11) is 1.96. The van der Waals surface area contributed by atoms with Crippen molar-refractivity contribution in [2.75, 3.05) is 7.05 Å². The molecule has 1 aromatic carbocycles. The first-order valence-electron chi connectivity index (χ1n) is 5.92. The van der Waals surface area contributed by atoms with E-state index < -0.39 is 0 Å². The molecule has 0 bridgehead atoms. The van der Waals surface area contributed by atoms with Crippen LogP contribution in [0.3, 0.4) is 0 Å². The minimum atomic E-state index is 0.130. The van der Waals surface area contributed by atoms with Crippen LogP contribution in [0, 0.1) is 20.8 Å². The highest BCUT2D eigenvalue weighted by atomic mass is 16.3. The Balaban J connectivity index is 2.46. The fourth-order valence-electron chi connectivity index (χ4n) is 2.26. The summed E-state index contributed by atoms with van der Waals surface area (Å²) in [6.45, 7) is 6.33. The second kappa shape index (κ2) is 4.76. The van der Waals surface area contributed by atoms with Crippen molar-refractivity contribution < 1.29 is 4.42 Å². The second-order valence-corrected chi connectivity index (χ2v) is 4.55. The third kappa shape index (κ3) is 2.27. The Morgan fingerprint density at radius 3 is 2.35 bits per heavy atom. The molecule has 17 heavy (non-hydrogen) atoms. The van der Waals surface area contributed by atoms with Crippen LogP contribution in [0.25, 0.3) is 0 Å². The van der Waals surface area contributed by atoms with Crippen molar-refractivity contribution in [3.05, 3.63) is 58.5 Å². The van der Waals surface area contributed by atoms with E-state index in [9.17, 15) is 0 Å². The average molecular weight is 229 g/mol. The van der Waals surface area contributed by atoms with Crippen molar-refractivity contribution >= 4 is 0 Å². The standard InChI is InChI=1S/C15H19NO/c1-10-5-6-13(12(3)9-10)14(16-4)15-11(2)7-8-17-15/h5-9,14,16H,1-4H3. The van der Waals surface area contributed by atoms with Crippen LogP contribution in [-0.4, -0.2) is 7.05 Å². The fourth-order valence-corrected chi connectivity index (χ4v) is 2.26. The van der Waals surface area contributed by atoms with Crippen LogP contribution in [0.15, 0.2) is 34.9 Å². The maximum atomic E-state index is 5.59. The molecule has 1 atom stereocenters. The average Bonchev–Trinajstić information content (AvgIpc) is 2.69. The van der Waals surface area contributed by atoms with E-state index in [4.69, 9.17) is 4.42 Å². The molecule has 0 saturated carbocycles. The minimum Gasteiger partial charge on any atom is -0.467 e. The molecule has 1 unspecified atom stereocenters. The molecule has 2 nitrogen and oxygen atoms in total. The molecule has 0 radical (unpaired) electrons. The molecule has 0 spiro atoms. The predicted octanol–water partition coefficient (Wildman–Crippen LogP) is 3.51. The fraction of sp³-hybridized carbons (Fsp3) is 0.333. The quantitative estimate of drug-likeness (QED) is 0.871. The molecule has 0 aliphatic heterocycles. The van der Waals surface area contributed by atoms with E-state index in [0.29, 0.717) is 0 Å². The molecular formula is C15H19NO.